The minimum atomic E-state index is -1.17. The van der Waals surface area contributed by atoms with Crippen LogP contribution in [-0.2, 0) is 30.9 Å². The first-order valence-corrected chi connectivity index (χ1v) is 10.4. The Balaban J connectivity index is -0.000000154. The molecule has 10 nitrogen and oxygen atoms in total. The van der Waals surface area contributed by atoms with Crippen molar-refractivity contribution >= 4 is 42.7 Å². The van der Waals surface area contributed by atoms with Crippen LogP contribution in [0.3, 0.4) is 0 Å². The Labute approximate surface area is 143 Å². The number of halogens is 2. The fourth-order valence-electron chi connectivity index (χ4n) is 0.926. The number of rotatable bonds is 3. The molecule has 1 rings (SSSR count). The van der Waals surface area contributed by atoms with Crippen LogP contribution in [-0.4, -0.2) is 52.1 Å². The Hall–Kier alpha value is -1.19. The van der Waals surface area contributed by atoms with Crippen LogP contribution in [0, 0.1) is 0 Å². The van der Waals surface area contributed by atoms with Crippen LogP contribution in [0.15, 0.2) is 12.2 Å². The molecule has 0 saturated heterocycles. The van der Waals surface area contributed by atoms with E-state index in [-0.39, 0.29) is 25.4 Å². The molecule has 132 valence electrons. The zero-order valence-corrected chi connectivity index (χ0v) is 15.1. The topological polar surface area (TPSA) is 191 Å². The third-order valence-corrected chi connectivity index (χ3v) is 1.51. The van der Waals surface area contributed by atoms with Gasteiger partial charge in [-0.3, -0.25) is 19.3 Å². The van der Waals surface area contributed by atoms with Crippen molar-refractivity contribution in [2.24, 2.45) is 0 Å². The number of hydrogen-bond acceptors (Lipinski definition) is 4. The van der Waals surface area contributed by atoms with E-state index in [1.54, 1.807) is 0 Å². The summed E-state index contributed by atoms with van der Waals surface area (Å²) in [4.78, 5) is 41.8. The first-order chi connectivity index (χ1) is 9.26. The zero-order valence-electron chi connectivity index (χ0n) is 11.3. The third kappa shape index (κ3) is 18.8. The van der Waals surface area contributed by atoms with Crippen LogP contribution in [0.1, 0.15) is 6.92 Å². The summed E-state index contributed by atoms with van der Waals surface area (Å²) in [5, 5.41) is 17.7. The summed E-state index contributed by atoms with van der Waals surface area (Å²) in [6.07, 6.45) is 1.14. The van der Waals surface area contributed by atoms with Gasteiger partial charge in [0.25, 0.3) is 17.8 Å². The SMILES string of the molecule is CC(=O)O.O=C(O)NCCN1C(=O)C=CC1=O.[Cl][Pt+2][Cl].[NH2-].[NH2-]. The van der Waals surface area contributed by atoms with Crippen molar-refractivity contribution in [3.05, 3.63) is 24.5 Å². The van der Waals surface area contributed by atoms with Crippen LogP contribution in [0.2, 0.25) is 0 Å². The summed E-state index contributed by atoms with van der Waals surface area (Å²) in [5.41, 5.74) is 0. The summed E-state index contributed by atoms with van der Waals surface area (Å²) < 4.78 is 0. The predicted octanol–water partition coefficient (Wildman–Crippen LogP) is 2.08. The first-order valence-electron chi connectivity index (χ1n) is 4.78. The standard InChI is InChI=1S/C7H8N2O4.C2H4O2.2ClH.2H2N.Pt/c10-5-1-2-6(11)9(5)4-3-8-7(12)13;1-2(3)4;;;;;/h1-2,8H,3-4H2,(H,12,13);1H3,(H,3,4);2*1H;2*1H2;/q;;;;2*-1;+4/p-2. The van der Waals surface area contributed by atoms with E-state index in [0.29, 0.717) is 0 Å². The number of aliphatic carboxylic acids is 1. The van der Waals surface area contributed by atoms with Gasteiger partial charge in [0.2, 0.25) is 0 Å². The molecule has 0 atom stereocenters. The molecular formula is C9H16Cl2N4O6Pt. The average molecular weight is 542 g/mol. The molecule has 0 radical (unpaired) electrons. The van der Waals surface area contributed by atoms with Crippen molar-refractivity contribution in [2.45, 2.75) is 6.92 Å². The summed E-state index contributed by atoms with van der Waals surface area (Å²) in [6.45, 7) is 1.20. The summed E-state index contributed by atoms with van der Waals surface area (Å²) in [5.74, 6) is -1.64. The van der Waals surface area contributed by atoms with E-state index in [4.69, 9.17) is 33.8 Å². The van der Waals surface area contributed by atoms with Crippen LogP contribution >= 0.6 is 18.8 Å². The van der Waals surface area contributed by atoms with Crippen LogP contribution in [0.4, 0.5) is 4.79 Å². The number of nitrogens with one attached hydrogen (secondary N) is 1. The number of carbonyl (C=O) groups is 4. The van der Waals surface area contributed by atoms with Gasteiger partial charge >= 0.3 is 41.4 Å². The van der Waals surface area contributed by atoms with Crippen molar-refractivity contribution < 1.29 is 45.9 Å². The van der Waals surface area contributed by atoms with Crippen LogP contribution < -0.4 is 5.32 Å². The second-order valence-electron chi connectivity index (χ2n) is 2.96. The molecule has 0 aromatic carbocycles. The molecule has 0 unspecified atom stereocenters. The summed E-state index contributed by atoms with van der Waals surface area (Å²) in [7, 11) is 9.75. The Morgan fingerprint density at radius 3 is 1.77 bits per heavy atom. The molecule has 1 aliphatic heterocycles. The minimum absolute atomic E-state index is 0. The number of nitrogens with zero attached hydrogens (tertiary/aromatic N) is 1. The minimum Gasteiger partial charge on any atom is -0.693 e. The van der Waals surface area contributed by atoms with E-state index in [1.165, 1.54) is 0 Å². The quantitative estimate of drug-likeness (QED) is 0.457. The van der Waals surface area contributed by atoms with Gasteiger partial charge in [0.05, 0.1) is 0 Å². The van der Waals surface area contributed by atoms with Gasteiger partial charge in [-0.05, 0) is 0 Å². The van der Waals surface area contributed by atoms with E-state index >= 15 is 0 Å². The van der Waals surface area contributed by atoms with Gasteiger partial charge in [-0.2, -0.15) is 0 Å². The van der Waals surface area contributed by atoms with Crippen molar-refractivity contribution in [1.82, 2.24) is 10.2 Å². The molecule has 0 aromatic heterocycles. The number of carbonyl (C=O) groups excluding carboxylic acids is 2. The molecule has 1 heterocycles. The second kappa shape index (κ2) is 17.9. The fourth-order valence-corrected chi connectivity index (χ4v) is 0.926. The van der Waals surface area contributed by atoms with Gasteiger partial charge < -0.3 is 27.8 Å². The van der Waals surface area contributed by atoms with E-state index in [0.717, 1.165) is 24.0 Å². The number of imide groups is 1. The van der Waals surface area contributed by atoms with Gasteiger partial charge in [0, 0.05) is 32.2 Å². The van der Waals surface area contributed by atoms with E-state index in [2.05, 4.69) is 5.32 Å². The largest absolute Gasteiger partial charge is 0.693 e. The molecule has 7 N–H and O–H groups in total. The molecule has 22 heavy (non-hydrogen) atoms. The smallest absolute Gasteiger partial charge is 0.693 e. The van der Waals surface area contributed by atoms with E-state index in [1.807, 2.05) is 0 Å². The van der Waals surface area contributed by atoms with Crippen LogP contribution in [0.5, 0.6) is 0 Å². The van der Waals surface area contributed by atoms with E-state index < -0.39 is 40.4 Å². The Morgan fingerprint density at radius 2 is 1.50 bits per heavy atom. The third-order valence-electron chi connectivity index (χ3n) is 1.51. The number of carboxylic acid groups (broad SMARTS) is 2. The maximum atomic E-state index is 10.9. The number of amides is 3. The number of hydrogen-bond donors (Lipinski definition) is 3. The molecule has 0 saturated carbocycles. The van der Waals surface area contributed by atoms with E-state index in [9.17, 15) is 14.4 Å². The molecule has 3 amide bonds. The maximum absolute atomic E-state index is 10.9. The number of nitrogens with two attached hydrogens (primary N) is 2. The van der Waals surface area contributed by atoms with Crippen molar-refractivity contribution in [3.8, 4) is 0 Å². The monoisotopic (exact) mass is 541 g/mol. The Kier molecular flexibility index (Phi) is 23.5. The molecule has 0 fully saturated rings. The normalized spacial score (nSPS) is 11.1. The van der Waals surface area contributed by atoms with Gasteiger partial charge in [-0.15, -0.1) is 0 Å². The molecule has 0 bridgehead atoms. The molecule has 13 heteroatoms. The van der Waals surface area contributed by atoms with Crippen molar-refractivity contribution in [2.75, 3.05) is 13.1 Å². The zero-order chi connectivity index (χ0) is 16.1. The Morgan fingerprint density at radius 1 is 1.18 bits per heavy atom. The maximum Gasteiger partial charge on any atom is -0.693 e. The van der Waals surface area contributed by atoms with Gasteiger partial charge in [0.15, 0.2) is 0 Å². The molecular weight excluding hydrogens is 526 g/mol. The fraction of sp³-hybridized carbons (Fsp3) is 0.333. The second-order valence-corrected chi connectivity index (χ2v) is 6.24. The molecule has 1 aliphatic rings. The van der Waals surface area contributed by atoms with Gasteiger partial charge in [-0.25, -0.2) is 4.79 Å². The summed E-state index contributed by atoms with van der Waals surface area (Å²) >= 11 is -0.472. The first kappa shape index (κ1) is 28.9. The van der Waals surface area contributed by atoms with Crippen LogP contribution in [0.25, 0.3) is 12.3 Å². The summed E-state index contributed by atoms with van der Waals surface area (Å²) in [6, 6.07) is 0. The molecule has 0 aliphatic carbocycles. The number of carboxylic acids is 1. The molecule has 0 aromatic rings. The van der Waals surface area contributed by atoms with Crippen molar-refractivity contribution in [1.29, 1.82) is 0 Å². The predicted molar refractivity (Wildman–Crippen MR) is 77.5 cm³/mol. The average Bonchev–Trinajstić information content (AvgIpc) is 2.60. The van der Waals surface area contributed by atoms with Gasteiger partial charge in [-0.1, -0.05) is 0 Å². The Bertz CT molecular complexity index is 374. The van der Waals surface area contributed by atoms with Crippen molar-refractivity contribution in [3.63, 3.8) is 0 Å². The van der Waals surface area contributed by atoms with Gasteiger partial charge in [0.1, 0.15) is 0 Å². The molecule has 0 spiro atoms.